The van der Waals surface area contributed by atoms with Gasteiger partial charge in [0, 0.05) is 7.05 Å². The average Bonchev–Trinajstić information content (AvgIpc) is 2.66. The molecule has 84 valence electrons. The molecule has 15 heavy (non-hydrogen) atoms. The van der Waals surface area contributed by atoms with Crippen LogP contribution in [-0.2, 0) is 9.84 Å². The molecule has 0 unspecified atom stereocenters. The number of amides is 1. The van der Waals surface area contributed by atoms with Crippen LogP contribution < -0.4 is 5.32 Å². The standard InChI is InChI=1S/C7H11N3O3S2/c1-3-4-15(12,13)7-10-9-6(14-7)5(11)8-2/h3-4H2,1-2H3,(H,8,11). The molecule has 1 rings (SSSR count). The quantitative estimate of drug-likeness (QED) is 0.816. The van der Waals surface area contributed by atoms with E-state index in [9.17, 15) is 13.2 Å². The van der Waals surface area contributed by atoms with E-state index in [0.717, 1.165) is 11.3 Å². The van der Waals surface area contributed by atoms with E-state index in [1.807, 2.05) is 0 Å². The molecule has 0 radical (unpaired) electrons. The number of rotatable bonds is 4. The van der Waals surface area contributed by atoms with Gasteiger partial charge in [-0.05, 0) is 6.42 Å². The molecular formula is C7H11N3O3S2. The van der Waals surface area contributed by atoms with Crippen LogP contribution in [0.5, 0.6) is 0 Å². The van der Waals surface area contributed by atoms with Gasteiger partial charge in [-0.2, -0.15) is 0 Å². The van der Waals surface area contributed by atoms with Gasteiger partial charge in [0.25, 0.3) is 5.91 Å². The van der Waals surface area contributed by atoms with Crippen molar-refractivity contribution in [3.63, 3.8) is 0 Å². The van der Waals surface area contributed by atoms with Gasteiger partial charge in [0.1, 0.15) is 0 Å². The molecule has 0 atom stereocenters. The zero-order chi connectivity index (χ0) is 11.5. The van der Waals surface area contributed by atoms with E-state index < -0.39 is 15.7 Å². The molecule has 0 fully saturated rings. The van der Waals surface area contributed by atoms with E-state index in [0.29, 0.717) is 6.42 Å². The summed E-state index contributed by atoms with van der Waals surface area (Å²) in [5, 5.41) is 9.42. The van der Waals surface area contributed by atoms with Crippen LogP contribution in [0.25, 0.3) is 0 Å². The maximum Gasteiger partial charge on any atom is 0.282 e. The molecule has 8 heteroatoms. The van der Waals surface area contributed by atoms with E-state index in [-0.39, 0.29) is 15.1 Å². The molecule has 6 nitrogen and oxygen atoms in total. The minimum absolute atomic E-state index is 0.0232. The average molecular weight is 249 g/mol. The van der Waals surface area contributed by atoms with Crippen molar-refractivity contribution < 1.29 is 13.2 Å². The zero-order valence-corrected chi connectivity index (χ0v) is 9.98. The second-order valence-electron chi connectivity index (χ2n) is 2.77. The van der Waals surface area contributed by atoms with Crippen molar-refractivity contribution in [1.82, 2.24) is 15.5 Å². The van der Waals surface area contributed by atoms with Gasteiger partial charge in [-0.25, -0.2) is 8.42 Å². The summed E-state index contributed by atoms with van der Waals surface area (Å²) in [5.74, 6) is -0.402. The Bertz CT molecular complexity index is 452. The first-order valence-electron chi connectivity index (χ1n) is 4.29. The van der Waals surface area contributed by atoms with Gasteiger partial charge < -0.3 is 5.32 Å². The van der Waals surface area contributed by atoms with Crippen molar-refractivity contribution in [2.24, 2.45) is 0 Å². The van der Waals surface area contributed by atoms with Crippen LogP contribution >= 0.6 is 11.3 Å². The minimum atomic E-state index is -3.37. The van der Waals surface area contributed by atoms with Gasteiger partial charge in [0.2, 0.25) is 19.2 Å². The summed E-state index contributed by atoms with van der Waals surface area (Å²) in [4.78, 5) is 11.1. The van der Waals surface area contributed by atoms with E-state index in [1.54, 1.807) is 6.92 Å². The van der Waals surface area contributed by atoms with Gasteiger partial charge in [-0.3, -0.25) is 4.79 Å². The Labute approximate surface area is 91.6 Å². The molecule has 0 aliphatic heterocycles. The lowest BCUT2D eigenvalue weighted by atomic mass is 10.6. The highest BCUT2D eigenvalue weighted by molar-refractivity contribution is 7.93. The molecule has 1 aromatic rings. The first kappa shape index (κ1) is 12.1. The highest BCUT2D eigenvalue weighted by atomic mass is 32.2. The summed E-state index contributed by atoms with van der Waals surface area (Å²) in [6, 6.07) is 0. The largest absolute Gasteiger partial charge is 0.353 e. The highest BCUT2D eigenvalue weighted by Crippen LogP contribution is 2.17. The Hall–Kier alpha value is -1.02. The zero-order valence-electron chi connectivity index (χ0n) is 8.35. The number of sulfone groups is 1. The lowest BCUT2D eigenvalue weighted by molar-refractivity contribution is 0.0962. The summed E-state index contributed by atoms with van der Waals surface area (Å²) in [6.45, 7) is 1.76. The molecule has 1 amide bonds. The highest BCUT2D eigenvalue weighted by Gasteiger charge is 2.21. The van der Waals surface area contributed by atoms with Crippen molar-refractivity contribution in [2.75, 3.05) is 12.8 Å². The Kier molecular flexibility index (Phi) is 3.75. The van der Waals surface area contributed by atoms with Crippen LogP contribution in [0.2, 0.25) is 0 Å². The van der Waals surface area contributed by atoms with Crippen LogP contribution in [0.3, 0.4) is 0 Å². The fourth-order valence-electron chi connectivity index (χ4n) is 0.890. The third kappa shape index (κ3) is 2.72. The summed E-state index contributed by atoms with van der Waals surface area (Å²) < 4.78 is 23.0. The summed E-state index contributed by atoms with van der Waals surface area (Å²) in [5.41, 5.74) is 0. The first-order chi connectivity index (χ1) is 7.01. The summed E-state index contributed by atoms with van der Waals surface area (Å²) >= 11 is 0.790. The Morgan fingerprint density at radius 1 is 1.47 bits per heavy atom. The third-order valence-corrected chi connectivity index (χ3v) is 4.85. The molecule has 0 saturated carbocycles. The molecule has 0 aromatic carbocycles. The second kappa shape index (κ2) is 4.67. The third-order valence-electron chi connectivity index (χ3n) is 1.57. The van der Waals surface area contributed by atoms with Gasteiger partial charge >= 0.3 is 0 Å². The number of nitrogens with one attached hydrogen (secondary N) is 1. The van der Waals surface area contributed by atoms with E-state index in [2.05, 4.69) is 15.5 Å². The van der Waals surface area contributed by atoms with Crippen molar-refractivity contribution in [3.05, 3.63) is 5.01 Å². The monoisotopic (exact) mass is 249 g/mol. The fraction of sp³-hybridized carbons (Fsp3) is 0.571. The molecule has 0 spiro atoms. The van der Waals surface area contributed by atoms with Crippen LogP contribution in [0.4, 0.5) is 0 Å². The number of hydrogen-bond donors (Lipinski definition) is 1. The molecule has 0 aliphatic rings. The van der Waals surface area contributed by atoms with E-state index in [1.165, 1.54) is 7.05 Å². The lowest BCUT2D eigenvalue weighted by Crippen LogP contribution is -2.17. The minimum Gasteiger partial charge on any atom is -0.353 e. The smallest absolute Gasteiger partial charge is 0.282 e. The summed E-state index contributed by atoms with van der Waals surface area (Å²) in [7, 11) is -1.92. The topological polar surface area (TPSA) is 89.0 Å². The number of nitrogens with zero attached hydrogens (tertiary/aromatic N) is 2. The molecule has 0 bridgehead atoms. The van der Waals surface area contributed by atoms with Gasteiger partial charge in [-0.1, -0.05) is 18.3 Å². The SMILES string of the molecule is CCCS(=O)(=O)c1nnc(C(=O)NC)s1. The second-order valence-corrected chi connectivity index (χ2v) is 6.03. The van der Waals surface area contributed by atoms with Crippen molar-refractivity contribution in [3.8, 4) is 0 Å². The summed E-state index contributed by atoms with van der Waals surface area (Å²) in [6.07, 6.45) is 0.511. The molecule has 1 N–H and O–H groups in total. The van der Waals surface area contributed by atoms with Crippen LogP contribution in [-0.4, -0.2) is 37.3 Å². The maximum absolute atomic E-state index is 11.5. The Morgan fingerprint density at radius 2 is 2.13 bits per heavy atom. The van der Waals surface area contributed by atoms with Crippen LogP contribution in [0.15, 0.2) is 4.34 Å². The molecule has 1 aromatic heterocycles. The molecule has 1 heterocycles. The predicted molar refractivity (Wildman–Crippen MR) is 55.6 cm³/mol. The molecular weight excluding hydrogens is 238 g/mol. The first-order valence-corrected chi connectivity index (χ1v) is 6.76. The Morgan fingerprint density at radius 3 is 2.67 bits per heavy atom. The van der Waals surface area contributed by atoms with Crippen LogP contribution in [0, 0.1) is 0 Å². The van der Waals surface area contributed by atoms with Crippen LogP contribution in [0.1, 0.15) is 23.1 Å². The lowest BCUT2D eigenvalue weighted by Gasteiger charge is -1.94. The molecule has 0 saturated heterocycles. The van der Waals surface area contributed by atoms with Gasteiger partial charge in [-0.15, -0.1) is 10.2 Å². The van der Waals surface area contributed by atoms with Crippen molar-refractivity contribution >= 4 is 27.1 Å². The number of aromatic nitrogens is 2. The number of carbonyl (C=O) groups excluding carboxylic acids is 1. The molecule has 0 aliphatic carbocycles. The maximum atomic E-state index is 11.5. The van der Waals surface area contributed by atoms with Crippen molar-refractivity contribution in [1.29, 1.82) is 0 Å². The normalized spacial score (nSPS) is 11.3. The fourth-order valence-corrected chi connectivity index (χ4v) is 3.29. The van der Waals surface area contributed by atoms with Gasteiger partial charge in [0.05, 0.1) is 5.75 Å². The van der Waals surface area contributed by atoms with Gasteiger partial charge in [0.15, 0.2) is 0 Å². The number of carbonyl (C=O) groups is 1. The van der Waals surface area contributed by atoms with E-state index in [4.69, 9.17) is 0 Å². The predicted octanol–water partition coefficient (Wildman–Crippen LogP) is 0.0814. The Balaban J connectivity index is 2.99. The van der Waals surface area contributed by atoms with E-state index >= 15 is 0 Å². The number of hydrogen-bond acceptors (Lipinski definition) is 6. The van der Waals surface area contributed by atoms with Crippen molar-refractivity contribution in [2.45, 2.75) is 17.7 Å².